The van der Waals surface area contributed by atoms with E-state index in [4.69, 9.17) is 4.74 Å². The van der Waals surface area contributed by atoms with E-state index in [9.17, 15) is 4.79 Å². The molecule has 0 radical (unpaired) electrons. The molecule has 0 bridgehead atoms. The topological polar surface area (TPSA) is 38.3 Å². The van der Waals surface area contributed by atoms with Crippen molar-refractivity contribution in [2.45, 2.75) is 32.6 Å². The number of nitrogens with one attached hydrogen (secondary N) is 1. The van der Waals surface area contributed by atoms with Crippen LogP contribution in [-0.2, 0) is 11.2 Å². The third kappa shape index (κ3) is 4.15. The molecule has 0 aliphatic heterocycles. The molecule has 2 rings (SSSR count). The molecule has 0 saturated heterocycles. The summed E-state index contributed by atoms with van der Waals surface area (Å²) in [7, 11) is 0. The summed E-state index contributed by atoms with van der Waals surface area (Å²) in [5.74, 6) is 0.743. The normalized spacial score (nSPS) is 14.5. The van der Waals surface area contributed by atoms with Crippen LogP contribution in [0, 0.1) is 5.92 Å². The first-order valence-electron chi connectivity index (χ1n) is 6.81. The van der Waals surface area contributed by atoms with Crippen molar-refractivity contribution < 1.29 is 9.53 Å². The number of hydrogen-bond donors (Lipinski definition) is 1. The van der Waals surface area contributed by atoms with E-state index in [1.165, 1.54) is 5.56 Å². The van der Waals surface area contributed by atoms with Gasteiger partial charge in [0.25, 0.3) is 0 Å². The highest BCUT2D eigenvalue weighted by atomic mass is 16.5. The van der Waals surface area contributed by atoms with E-state index in [2.05, 4.69) is 12.2 Å². The lowest BCUT2D eigenvalue weighted by molar-refractivity contribution is -0.135. The van der Waals surface area contributed by atoms with Crippen LogP contribution in [0.25, 0.3) is 0 Å². The average molecular weight is 247 g/mol. The number of carbonyl (C=O) groups is 1. The van der Waals surface area contributed by atoms with Crippen LogP contribution in [0.5, 0.6) is 5.75 Å². The van der Waals surface area contributed by atoms with Gasteiger partial charge in [-0.3, -0.25) is 4.79 Å². The number of benzene rings is 1. The summed E-state index contributed by atoms with van der Waals surface area (Å²) in [5.41, 5.74) is 1.27. The quantitative estimate of drug-likeness (QED) is 0.457. The lowest BCUT2D eigenvalue weighted by Gasteiger charge is -2.06. The number of hydrogen-bond acceptors (Lipinski definition) is 3. The number of ether oxygens (including phenoxy) is 1. The Kier molecular flexibility index (Phi) is 4.76. The van der Waals surface area contributed by atoms with Gasteiger partial charge >= 0.3 is 5.97 Å². The third-order valence-electron chi connectivity index (χ3n) is 3.07. The van der Waals surface area contributed by atoms with Gasteiger partial charge in [-0.1, -0.05) is 19.1 Å². The summed E-state index contributed by atoms with van der Waals surface area (Å²) < 4.78 is 5.28. The second kappa shape index (κ2) is 6.55. The number of rotatable bonds is 7. The molecule has 3 nitrogen and oxygen atoms in total. The minimum Gasteiger partial charge on any atom is -0.426 e. The van der Waals surface area contributed by atoms with Crippen molar-refractivity contribution in [1.29, 1.82) is 0 Å². The molecule has 1 fully saturated rings. The van der Waals surface area contributed by atoms with Crippen LogP contribution in [0.1, 0.15) is 31.7 Å². The smallest absolute Gasteiger partial charge is 0.314 e. The van der Waals surface area contributed by atoms with Gasteiger partial charge in [0.1, 0.15) is 5.75 Å². The highest BCUT2D eigenvalue weighted by molar-refractivity contribution is 5.77. The van der Waals surface area contributed by atoms with E-state index in [0.717, 1.165) is 38.8 Å². The predicted molar refractivity (Wildman–Crippen MR) is 71.7 cm³/mol. The van der Waals surface area contributed by atoms with Crippen LogP contribution in [0.3, 0.4) is 0 Å². The van der Waals surface area contributed by atoms with Crippen molar-refractivity contribution >= 4 is 5.97 Å². The van der Waals surface area contributed by atoms with Gasteiger partial charge in [0.15, 0.2) is 0 Å². The molecule has 1 saturated carbocycles. The van der Waals surface area contributed by atoms with Crippen LogP contribution >= 0.6 is 0 Å². The van der Waals surface area contributed by atoms with Crippen molar-refractivity contribution in [3.63, 3.8) is 0 Å². The molecule has 1 N–H and O–H groups in total. The van der Waals surface area contributed by atoms with Crippen LogP contribution in [-0.4, -0.2) is 19.1 Å². The molecular formula is C15H21NO2. The first kappa shape index (κ1) is 13.1. The van der Waals surface area contributed by atoms with Crippen LogP contribution in [0.15, 0.2) is 24.3 Å². The number of carbonyl (C=O) groups excluding carboxylic acids is 1. The molecule has 1 aliphatic carbocycles. The Balaban J connectivity index is 1.75. The van der Waals surface area contributed by atoms with Crippen LogP contribution in [0.4, 0.5) is 0 Å². The Hall–Kier alpha value is -1.35. The lowest BCUT2D eigenvalue weighted by Crippen LogP contribution is -2.17. The molecule has 0 unspecified atom stereocenters. The summed E-state index contributed by atoms with van der Waals surface area (Å²) >= 11 is 0. The first-order chi connectivity index (χ1) is 8.79. The van der Waals surface area contributed by atoms with Gasteiger partial charge in [-0.25, -0.2) is 0 Å². The zero-order chi connectivity index (χ0) is 12.8. The van der Waals surface area contributed by atoms with Gasteiger partial charge in [0.2, 0.25) is 0 Å². The van der Waals surface area contributed by atoms with Gasteiger partial charge in [0.05, 0.1) is 5.92 Å². The Morgan fingerprint density at radius 2 is 2.00 bits per heavy atom. The SMILES string of the molecule is CCCNCCc1ccc(OC(=O)C2CC2)cc1. The molecule has 1 aliphatic rings. The van der Waals surface area contributed by atoms with E-state index < -0.39 is 0 Å². The zero-order valence-electron chi connectivity index (χ0n) is 10.9. The van der Waals surface area contributed by atoms with Gasteiger partial charge < -0.3 is 10.1 Å². The fourth-order valence-electron chi connectivity index (χ4n) is 1.78. The fourth-order valence-corrected chi connectivity index (χ4v) is 1.78. The van der Waals surface area contributed by atoms with Crippen molar-refractivity contribution in [3.05, 3.63) is 29.8 Å². The molecule has 18 heavy (non-hydrogen) atoms. The third-order valence-corrected chi connectivity index (χ3v) is 3.07. The van der Waals surface area contributed by atoms with Crippen LogP contribution in [0.2, 0.25) is 0 Å². The summed E-state index contributed by atoms with van der Waals surface area (Å²) in [6.45, 7) is 4.22. The first-order valence-corrected chi connectivity index (χ1v) is 6.81. The standard InChI is InChI=1S/C15H21NO2/c1-2-10-16-11-9-12-3-7-14(8-4-12)18-15(17)13-5-6-13/h3-4,7-8,13,16H,2,5-6,9-11H2,1H3. The van der Waals surface area contributed by atoms with E-state index in [0.29, 0.717) is 5.75 Å². The molecule has 1 aromatic carbocycles. The van der Waals surface area contributed by atoms with E-state index in [1.54, 1.807) is 0 Å². The summed E-state index contributed by atoms with van der Waals surface area (Å²) in [5, 5.41) is 3.37. The van der Waals surface area contributed by atoms with Crippen molar-refractivity contribution in [1.82, 2.24) is 5.32 Å². The zero-order valence-corrected chi connectivity index (χ0v) is 10.9. The van der Waals surface area contributed by atoms with Gasteiger partial charge in [0, 0.05) is 0 Å². The maximum atomic E-state index is 11.5. The van der Waals surface area contributed by atoms with Gasteiger partial charge in [-0.05, 0) is 56.5 Å². The Labute approximate surface area is 109 Å². The molecule has 0 spiro atoms. The maximum absolute atomic E-state index is 11.5. The Bertz CT molecular complexity index is 382. The Morgan fingerprint density at radius 1 is 1.28 bits per heavy atom. The van der Waals surface area contributed by atoms with Crippen molar-refractivity contribution in [2.24, 2.45) is 5.92 Å². The minimum absolute atomic E-state index is 0.0765. The highest BCUT2D eigenvalue weighted by Crippen LogP contribution is 2.30. The van der Waals surface area contributed by atoms with Crippen molar-refractivity contribution in [2.75, 3.05) is 13.1 Å². The molecule has 0 heterocycles. The second-order valence-electron chi connectivity index (χ2n) is 4.84. The Morgan fingerprint density at radius 3 is 2.61 bits per heavy atom. The second-order valence-corrected chi connectivity index (χ2v) is 4.84. The van der Waals surface area contributed by atoms with Crippen molar-refractivity contribution in [3.8, 4) is 5.75 Å². The van der Waals surface area contributed by atoms with E-state index in [1.807, 2.05) is 24.3 Å². The largest absolute Gasteiger partial charge is 0.426 e. The van der Waals surface area contributed by atoms with Crippen LogP contribution < -0.4 is 10.1 Å². The maximum Gasteiger partial charge on any atom is 0.314 e. The van der Waals surface area contributed by atoms with Gasteiger partial charge in [-0.2, -0.15) is 0 Å². The van der Waals surface area contributed by atoms with Gasteiger partial charge in [-0.15, -0.1) is 0 Å². The number of esters is 1. The van der Waals surface area contributed by atoms with E-state index >= 15 is 0 Å². The summed E-state index contributed by atoms with van der Waals surface area (Å²) in [6.07, 6.45) is 4.15. The molecular weight excluding hydrogens is 226 g/mol. The molecule has 0 amide bonds. The molecule has 1 aromatic rings. The molecule has 0 atom stereocenters. The average Bonchev–Trinajstić information content (AvgIpc) is 3.21. The monoisotopic (exact) mass is 247 g/mol. The molecule has 0 aromatic heterocycles. The lowest BCUT2D eigenvalue weighted by atomic mass is 10.1. The minimum atomic E-state index is -0.0765. The predicted octanol–water partition coefficient (Wildman–Crippen LogP) is 2.54. The molecule has 98 valence electrons. The highest BCUT2D eigenvalue weighted by Gasteiger charge is 2.31. The van der Waals surface area contributed by atoms with E-state index in [-0.39, 0.29) is 11.9 Å². The molecule has 3 heteroatoms. The summed E-state index contributed by atoms with van der Waals surface area (Å²) in [6, 6.07) is 7.83. The summed E-state index contributed by atoms with van der Waals surface area (Å²) in [4.78, 5) is 11.5. The fraction of sp³-hybridized carbons (Fsp3) is 0.533.